The lowest BCUT2D eigenvalue weighted by molar-refractivity contribution is -0.138. The van der Waals surface area contributed by atoms with Crippen LogP contribution in [0.1, 0.15) is 41.6 Å². The summed E-state index contributed by atoms with van der Waals surface area (Å²) in [4.78, 5) is 11.9. The zero-order valence-corrected chi connectivity index (χ0v) is 15.0. The molecule has 0 aliphatic carbocycles. The summed E-state index contributed by atoms with van der Waals surface area (Å²) in [5.74, 6) is -0.677. The lowest BCUT2D eigenvalue weighted by Gasteiger charge is -2.13. The van der Waals surface area contributed by atoms with Gasteiger partial charge >= 0.3 is 6.18 Å². The molecule has 0 aromatic heterocycles. The number of benzene rings is 1. The van der Waals surface area contributed by atoms with E-state index in [1.54, 1.807) is 0 Å². The van der Waals surface area contributed by atoms with Gasteiger partial charge in [0.15, 0.2) is 0 Å². The summed E-state index contributed by atoms with van der Waals surface area (Å²) in [6.07, 6.45) is -0.600. The Balaban J connectivity index is 2.62. The standard InChI is InChI=1S/C14H16BrF3INO/c15-10-5-6-11(12(9-10)14(16,17)18)13(21)20-8-4-2-1-3-7-19/h5-6,9H,1-4,7-8H2,(H,20,21). The average molecular weight is 478 g/mol. The number of carbonyl (C=O) groups excluding carboxylic acids is 1. The molecule has 7 heteroatoms. The van der Waals surface area contributed by atoms with E-state index in [9.17, 15) is 18.0 Å². The zero-order valence-electron chi connectivity index (χ0n) is 11.3. The number of carbonyl (C=O) groups is 1. The van der Waals surface area contributed by atoms with Crippen LogP contribution in [-0.2, 0) is 6.18 Å². The number of unbranched alkanes of at least 4 members (excludes halogenated alkanes) is 3. The van der Waals surface area contributed by atoms with Crippen LogP contribution in [-0.4, -0.2) is 16.9 Å². The lowest BCUT2D eigenvalue weighted by Crippen LogP contribution is -2.27. The second kappa shape index (κ2) is 8.97. The number of hydrogen-bond acceptors (Lipinski definition) is 1. The van der Waals surface area contributed by atoms with Gasteiger partial charge in [0.2, 0.25) is 0 Å². The Kier molecular flexibility index (Phi) is 8.00. The molecule has 2 nitrogen and oxygen atoms in total. The Labute approximate surface area is 144 Å². The van der Waals surface area contributed by atoms with Crippen molar-refractivity contribution < 1.29 is 18.0 Å². The fourth-order valence-electron chi connectivity index (χ4n) is 1.82. The van der Waals surface area contributed by atoms with Crippen molar-refractivity contribution in [1.82, 2.24) is 5.32 Å². The van der Waals surface area contributed by atoms with Crippen molar-refractivity contribution in [3.05, 3.63) is 33.8 Å². The van der Waals surface area contributed by atoms with Gasteiger partial charge in [-0.3, -0.25) is 4.79 Å². The molecule has 0 saturated carbocycles. The molecule has 1 aromatic carbocycles. The van der Waals surface area contributed by atoms with E-state index >= 15 is 0 Å². The third-order valence-corrected chi connectivity index (χ3v) is 4.13. The summed E-state index contributed by atoms with van der Waals surface area (Å²) in [6.45, 7) is 0.396. The molecule has 0 aliphatic rings. The predicted octanol–water partition coefficient (Wildman–Crippen LogP) is 5.19. The van der Waals surface area contributed by atoms with Gasteiger partial charge in [-0.25, -0.2) is 0 Å². The van der Waals surface area contributed by atoms with Gasteiger partial charge < -0.3 is 5.32 Å². The Hall–Kier alpha value is -0.310. The maximum absolute atomic E-state index is 12.9. The highest BCUT2D eigenvalue weighted by Gasteiger charge is 2.35. The van der Waals surface area contributed by atoms with Gasteiger partial charge in [-0.2, -0.15) is 13.2 Å². The van der Waals surface area contributed by atoms with Crippen LogP contribution in [0.15, 0.2) is 22.7 Å². The van der Waals surface area contributed by atoms with E-state index in [0.717, 1.165) is 36.2 Å². The normalized spacial score (nSPS) is 11.5. The van der Waals surface area contributed by atoms with Gasteiger partial charge in [0, 0.05) is 11.0 Å². The second-order valence-corrected chi connectivity index (χ2v) is 6.54. The smallest absolute Gasteiger partial charge is 0.352 e. The average Bonchev–Trinajstić information content (AvgIpc) is 2.41. The van der Waals surface area contributed by atoms with E-state index in [4.69, 9.17) is 0 Å². The molecule has 1 rings (SSSR count). The maximum Gasteiger partial charge on any atom is 0.417 e. The van der Waals surface area contributed by atoms with Gasteiger partial charge in [-0.1, -0.05) is 51.4 Å². The summed E-state index contributed by atoms with van der Waals surface area (Å²) in [7, 11) is 0. The van der Waals surface area contributed by atoms with E-state index in [2.05, 4.69) is 43.8 Å². The number of nitrogens with one attached hydrogen (secondary N) is 1. The van der Waals surface area contributed by atoms with Crippen molar-refractivity contribution in [2.45, 2.75) is 31.9 Å². The molecule has 21 heavy (non-hydrogen) atoms. The van der Waals surface area contributed by atoms with Crippen LogP contribution >= 0.6 is 38.5 Å². The molecule has 0 saturated heterocycles. The fraction of sp³-hybridized carbons (Fsp3) is 0.500. The molecule has 1 aromatic rings. The van der Waals surface area contributed by atoms with Crippen LogP contribution < -0.4 is 5.32 Å². The van der Waals surface area contributed by atoms with Gasteiger partial charge in [-0.15, -0.1) is 0 Å². The van der Waals surface area contributed by atoms with Crippen LogP contribution in [0.3, 0.4) is 0 Å². The first-order valence-corrected chi connectivity index (χ1v) is 8.89. The third-order valence-electron chi connectivity index (χ3n) is 2.88. The number of alkyl halides is 4. The molecular formula is C14H16BrF3INO. The number of halogens is 5. The quantitative estimate of drug-likeness (QED) is 0.326. The molecule has 0 fully saturated rings. The number of amides is 1. The van der Waals surface area contributed by atoms with Crippen LogP contribution in [0.2, 0.25) is 0 Å². The van der Waals surface area contributed by atoms with Crippen molar-refractivity contribution in [3.63, 3.8) is 0 Å². The minimum atomic E-state index is -4.54. The minimum absolute atomic E-state index is 0.296. The highest BCUT2D eigenvalue weighted by atomic mass is 127. The number of hydrogen-bond donors (Lipinski definition) is 1. The zero-order chi connectivity index (χ0) is 15.9. The van der Waals surface area contributed by atoms with Crippen molar-refractivity contribution in [2.24, 2.45) is 0 Å². The lowest BCUT2D eigenvalue weighted by atomic mass is 10.1. The highest BCUT2D eigenvalue weighted by molar-refractivity contribution is 14.1. The van der Waals surface area contributed by atoms with E-state index in [0.29, 0.717) is 11.0 Å². The fourth-order valence-corrected chi connectivity index (χ4v) is 2.72. The molecule has 0 radical (unpaired) electrons. The summed E-state index contributed by atoms with van der Waals surface area (Å²) in [5, 5.41) is 2.55. The highest BCUT2D eigenvalue weighted by Crippen LogP contribution is 2.33. The van der Waals surface area contributed by atoms with Crippen molar-refractivity contribution in [3.8, 4) is 0 Å². The van der Waals surface area contributed by atoms with Crippen LogP contribution in [0.25, 0.3) is 0 Å². The Morgan fingerprint density at radius 1 is 1.19 bits per heavy atom. The van der Waals surface area contributed by atoms with E-state index in [1.807, 2.05) is 0 Å². The van der Waals surface area contributed by atoms with Crippen LogP contribution in [0.5, 0.6) is 0 Å². The van der Waals surface area contributed by atoms with Crippen molar-refractivity contribution in [1.29, 1.82) is 0 Å². The molecule has 0 heterocycles. The Morgan fingerprint density at radius 2 is 1.86 bits per heavy atom. The van der Waals surface area contributed by atoms with Crippen LogP contribution in [0, 0.1) is 0 Å². The van der Waals surface area contributed by atoms with Gasteiger partial charge in [0.25, 0.3) is 5.91 Å². The molecule has 0 unspecified atom stereocenters. The molecule has 1 amide bonds. The van der Waals surface area contributed by atoms with Gasteiger partial charge in [-0.05, 0) is 35.5 Å². The molecule has 1 N–H and O–H groups in total. The summed E-state index contributed by atoms with van der Waals surface area (Å²) < 4.78 is 40.1. The van der Waals surface area contributed by atoms with Crippen molar-refractivity contribution >= 4 is 44.4 Å². The SMILES string of the molecule is O=C(NCCCCCCI)c1ccc(Br)cc1C(F)(F)F. The van der Waals surface area contributed by atoms with Crippen molar-refractivity contribution in [2.75, 3.05) is 11.0 Å². The Morgan fingerprint density at radius 3 is 2.48 bits per heavy atom. The first-order chi connectivity index (χ1) is 9.86. The van der Waals surface area contributed by atoms with E-state index in [1.165, 1.54) is 12.1 Å². The summed E-state index contributed by atoms with van der Waals surface area (Å²) in [5.41, 5.74) is -1.25. The summed E-state index contributed by atoms with van der Waals surface area (Å²) >= 11 is 5.29. The first kappa shape index (κ1) is 18.7. The van der Waals surface area contributed by atoms with Gasteiger partial charge in [0.1, 0.15) is 0 Å². The Bertz CT molecular complexity index is 480. The molecule has 0 bridgehead atoms. The molecule has 0 atom stereocenters. The topological polar surface area (TPSA) is 29.1 Å². The first-order valence-electron chi connectivity index (χ1n) is 6.57. The maximum atomic E-state index is 12.9. The van der Waals surface area contributed by atoms with E-state index < -0.39 is 17.6 Å². The second-order valence-electron chi connectivity index (χ2n) is 4.55. The van der Waals surface area contributed by atoms with Crippen LogP contribution in [0.4, 0.5) is 13.2 Å². The van der Waals surface area contributed by atoms with Gasteiger partial charge in [0.05, 0.1) is 11.1 Å². The molecule has 0 spiro atoms. The molecule has 118 valence electrons. The van der Waals surface area contributed by atoms with E-state index in [-0.39, 0.29) is 5.56 Å². The number of rotatable bonds is 7. The molecule has 0 aliphatic heterocycles. The summed E-state index contributed by atoms with van der Waals surface area (Å²) in [6, 6.07) is 3.55. The molecular weight excluding hydrogens is 462 g/mol. The monoisotopic (exact) mass is 477 g/mol. The predicted molar refractivity (Wildman–Crippen MR) is 88.8 cm³/mol. The largest absolute Gasteiger partial charge is 0.417 e. The third kappa shape index (κ3) is 6.54. The minimum Gasteiger partial charge on any atom is -0.352 e.